The Kier molecular flexibility index (Phi) is 4.11. The van der Waals surface area contributed by atoms with Crippen LogP contribution in [0.3, 0.4) is 0 Å². The predicted molar refractivity (Wildman–Crippen MR) is 75.3 cm³/mol. The molecule has 0 saturated heterocycles. The minimum absolute atomic E-state index is 0.0699. The molecule has 0 N–H and O–H groups in total. The van der Waals surface area contributed by atoms with E-state index in [1.165, 1.54) is 18.2 Å². The van der Waals surface area contributed by atoms with Crippen LogP contribution in [-0.2, 0) is 0 Å². The minimum atomic E-state index is -1.26. The van der Waals surface area contributed by atoms with Crippen molar-refractivity contribution in [1.82, 2.24) is 0 Å². The normalized spacial score (nSPS) is 10.7. The summed E-state index contributed by atoms with van der Waals surface area (Å²) in [5.41, 5.74) is 2.17. The van der Waals surface area contributed by atoms with Crippen LogP contribution in [0.5, 0.6) is 0 Å². The summed E-state index contributed by atoms with van der Waals surface area (Å²) in [4.78, 5) is 22.9. The van der Waals surface area contributed by atoms with Crippen LogP contribution in [0.2, 0.25) is 0 Å². The third kappa shape index (κ3) is 3.20. The Balaban J connectivity index is 2.23. The van der Waals surface area contributed by atoms with Crippen LogP contribution >= 0.6 is 0 Å². The van der Waals surface area contributed by atoms with E-state index in [9.17, 15) is 14.7 Å². The number of rotatable bonds is 4. The lowest BCUT2D eigenvalue weighted by molar-refractivity contribution is -0.255. The molecule has 0 saturated carbocycles. The lowest BCUT2D eigenvalue weighted by atomic mass is 10.0. The molecule has 0 heterocycles. The van der Waals surface area contributed by atoms with Crippen molar-refractivity contribution in [3.05, 3.63) is 76.9 Å². The number of carbonyl (C=O) groups excluding carboxylic acids is 2. The first-order valence-electron chi connectivity index (χ1n) is 6.17. The number of carbonyl (C=O) groups is 2. The summed E-state index contributed by atoms with van der Waals surface area (Å²) in [5.74, 6) is -1.42. The summed E-state index contributed by atoms with van der Waals surface area (Å²) >= 11 is 0. The van der Waals surface area contributed by atoms with E-state index in [4.69, 9.17) is 0 Å². The van der Waals surface area contributed by atoms with Crippen LogP contribution in [0, 0.1) is 6.92 Å². The molecule has 0 atom stereocenters. The van der Waals surface area contributed by atoms with Crippen molar-refractivity contribution in [3.8, 4) is 0 Å². The van der Waals surface area contributed by atoms with Gasteiger partial charge >= 0.3 is 0 Å². The first-order valence-corrected chi connectivity index (χ1v) is 6.17. The Morgan fingerprint density at radius 2 is 1.65 bits per heavy atom. The summed E-state index contributed by atoms with van der Waals surface area (Å²) < 4.78 is 0. The summed E-state index contributed by atoms with van der Waals surface area (Å²) in [5, 5.41) is 10.9. The maximum absolute atomic E-state index is 12.0. The highest BCUT2D eigenvalue weighted by molar-refractivity contribution is 6.07. The zero-order valence-electron chi connectivity index (χ0n) is 11.0. The highest BCUT2D eigenvalue weighted by atomic mass is 16.4. The second-order valence-electron chi connectivity index (χ2n) is 4.44. The SMILES string of the molecule is Cc1ccc(C(=O)/C=C/c2ccccc2C(=O)[O-])cc1. The fraction of sp³-hybridized carbons (Fsp3) is 0.0588. The molecule has 3 heteroatoms. The molecule has 2 aromatic rings. The molecular formula is C17H13O3-. The Hall–Kier alpha value is -2.68. The van der Waals surface area contributed by atoms with Crippen LogP contribution in [0.25, 0.3) is 6.08 Å². The average Bonchev–Trinajstić information content (AvgIpc) is 2.45. The van der Waals surface area contributed by atoms with Gasteiger partial charge in [-0.1, -0.05) is 60.2 Å². The van der Waals surface area contributed by atoms with Crippen molar-refractivity contribution >= 4 is 17.8 Å². The first kappa shape index (κ1) is 13.7. The Morgan fingerprint density at radius 3 is 2.30 bits per heavy atom. The molecule has 3 nitrogen and oxygen atoms in total. The predicted octanol–water partition coefficient (Wildman–Crippen LogP) is 2.25. The summed E-state index contributed by atoms with van der Waals surface area (Å²) in [7, 11) is 0. The topological polar surface area (TPSA) is 57.2 Å². The molecule has 0 fully saturated rings. The number of allylic oxidation sites excluding steroid dienone is 1. The Morgan fingerprint density at radius 1 is 1.00 bits per heavy atom. The van der Waals surface area contributed by atoms with Gasteiger partial charge in [-0.25, -0.2) is 0 Å². The first-order chi connectivity index (χ1) is 9.58. The zero-order chi connectivity index (χ0) is 14.5. The molecule has 0 unspecified atom stereocenters. The summed E-state index contributed by atoms with van der Waals surface area (Å²) in [6.07, 6.45) is 2.86. The van der Waals surface area contributed by atoms with Gasteiger partial charge in [0.25, 0.3) is 0 Å². The number of hydrogen-bond acceptors (Lipinski definition) is 3. The van der Waals surface area contributed by atoms with Crippen LogP contribution in [-0.4, -0.2) is 11.8 Å². The van der Waals surface area contributed by atoms with Gasteiger partial charge in [0.15, 0.2) is 5.78 Å². The minimum Gasteiger partial charge on any atom is -0.545 e. The molecule has 0 bridgehead atoms. The van der Waals surface area contributed by atoms with E-state index in [2.05, 4.69) is 0 Å². The van der Waals surface area contributed by atoms with Gasteiger partial charge in [-0.2, -0.15) is 0 Å². The average molecular weight is 265 g/mol. The molecule has 0 spiro atoms. The van der Waals surface area contributed by atoms with Crippen LogP contribution in [0.15, 0.2) is 54.6 Å². The van der Waals surface area contributed by atoms with E-state index in [-0.39, 0.29) is 11.3 Å². The Labute approximate surface area is 117 Å². The number of carboxylic acids is 1. The standard InChI is InChI=1S/C17H14O3/c1-12-6-8-14(9-7-12)16(18)11-10-13-4-2-3-5-15(13)17(19)20/h2-11H,1H3,(H,19,20)/p-1/b11-10+. The van der Waals surface area contributed by atoms with Crippen molar-refractivity contribution in [2.45, 2.75) is 6.92 Å². The molecular weight excluding hydrogens is 252 g/mol. The van der Waals surface area contributed by atoms with Crippen molar-refractivity contribution in [2.75, 3.05) is 0 Å². The van der Waals surface area contributed by atoms with E-state index in [0.29, 0.717) is 11.1 Å². The highest BCUT2D eigenvalue weighted by Crippen LogP contribution is 2.11. The lowest BCUT2D eigenvalue weighted by Gasteiger charge is -2.05. The maximum atomic E-state index is 12.0. The second kappa shape index (κ2) is 5.97. The monoisotopic (exact) mass is 265 g/mol. The number of aryl methyl sites for hydroxylation is 1. The van der Waals surface area contributed by atoms with Gasteiger partial charge in [-0.05, 0) is 18.6 Å². The molecule has 0 radical (unpaired) electrons. The number of aromatic carboxylic acids is 1. The molecule has 0 amide bonds. The second-order valence-corrected chi connectivity index (χ2v) is 4.44. The summed E-state index contributed by atoms with van der Waals surface area (Å²) in [6, 6.07) is 13.6. The molecule has 0 aliphatic carbocycles. The van der Waals surface area contributed by atoms with Crippen molar-refractivity contribution in [3.63, 3.8) is 0 Å². The van der Waals surface area contributed by atoms with Crippen LogP contribution < -0.4 is 5.11 Å². The molecule has 20 heavy (non-hydrogen) atoms. The largest absolute Gasteiger partial charge is 0.545 e. The van der Waals surface area contributed by atoms with Crippen LogP contribution in [0.4, 0.5) is 0 Å². The molecule has 0 aromatic heterocycles. The van der Waals surface area contributed by atoms with Crippen molar-refractivity contribution in [2.24, 2.45) is 0 Å². The lowest BCUT2D eigenvalue weighted by Crippen LogP contribution is -2.23. The maximum Gasteiger partial charge on any atom is 0.185 e. The van der Waals surface area contributed by atoms with Crippen molar-refractivity contribution < 1.29 is 14.7 Å². The van der Waals surface area contributed by atoms with Gasteiger partial charge in [-0.15, -0.1) is 0 Å². The van der Waals surface area contributed by atoms with Crippen molar-refractivity contribution in [1.29, 1.82) is 0 Å². The smallest absolute Gasteiger partial charge is 0.185 e. The van der Waals surface area contributed by atoms with Crippen LogP contribution in [0.1, 0.15) is 31.8 Å². The molecule has 2 rings (SSSR count). The van der Waals surface area contributed by atoms with E-state index < -0.39 is 5.97 Å². The van der Waals surface area contributed by atoms with Gasteiger partial charge in [0, 0.05) is 11.1 Å². The zero-order valence-corrected chi connectivity index (χ0v) is 11.0. The third-order valence-electron chi connectivity index (χ3n) is 2.93. The molecule has 0 aliphatic rings. The fourth-order valence-corrected chi connectivity index (χ4v) is 1.81. The van der Waals surface area contributed by atoms with E-state index >= 15 is 0 Å². The summed E-state index contributed by atoms with van der Waals surface area (Å²) in [6.45, 7) is 1.94. The highest BCUT2D eigenvalue weighted by Gasteiger charge is 2.03. The van der Waals surface area contributed by atoms with Gasteiger partial charge in [0.05, 0.1) is 5.97 Å². The van der Waals surface area contributed by atoms with E-state index in [1.807, 2.05) is 19.1 Å². The number of carboxylic acid groups (broad SMARTS) is 1. The number of ketones is 1. The fourth-order valence-electron chi connectivity index (χ4n) is 1.81. The molecule has 0 aliphatic heterocycles. The van der Waals surface area contributed by atoms with E-state index in [1.54, 1.807) is 30.3 Å². The third-order valence-corrected chi connectivity index (χ3v) is 2.93. The Bertz CT molecular complexity index is 667. The number of benzene rings is 2. The van der Waals surface area contributed by atoms with Gasteiger partial charge in [0.2, 0.25) is 0 Å². The number of hydrogen-bond donors (Lipinski definition) is 0. The molecule has 100 valence electrons. The van der Waals surface area contributed by atoms with E-state index in [0.717, 1.165) is 5.56 Å². The van der Waals surface area contributed by atoms with Gasteiger partial charge < -0.3 is 9.90 Å². The van der Waals surface area contributed by atoms with Gasteiger partial charge in [-0.3, -0.25) is 4.79 Å². The van der Waals surface area contributed by atoms with Gasteiger partial charge in [0.1, 0.15) is 0 Å². The quantitative estimate of drug-likeness (QED) is 0.629. The molecule has 2 aromatic carbocycles.